The van der Waals surface area contributed by atoms with Crippen LogP contribution in [0.2, 0.25) is 0 Å². The van der Waals surface area contributed by atoms with Crippen molar-refractivity contribution in [2.24, 2.45) is 0 Å². The van der Waals surface area contributed by atoms with Crippen LogP contribution < -0.4 is 11.5 Å². The number of rotatable bonds is 2. The van der Waals surface area contributed by atoms with Gasteiger partial charge >= 0.3 is 0 Å². The third-order valence-corrected chi connectivity index (χ3v) is 3.59. The molecule has 0 bridgehead atoms. The Kier molecular flexibility index (Phi) is 3.49. The van der Waals surface area contributed by atoms with Gasteiger partial charge < -0.3 is 11.5 Å². The van der Waals surface area contributed by atoms with Crippen LogP contribution in [-0.2, 0) is 0 Å². The topological polar surface area (TPSA) is 90.7 Å². The van der Waals surface area contributed by atoms with Gasteiger partial charge in [-0.25, -0.2) is 15.0 Å². The fourth-order valence-corrected chi connectivity index (χ4v) is 2.22. The molecule has 0 saturated carbocycles. The summed E-state index contributed by atoms with van der Waals surface area (Å²) in [5.74, 6) is 0.711. The molecule has 0 amide bonds. The third kappa shape index (κ3) is 3.07. The Bertz CT molecular complexity index is 540. The number of nitrogens with zero attached hydrogens (tertiary/aromatic N) is 3. The molecule has 0 aliphatic heterocycles. The van der Waals surface area contributed by atoms with E-state index in [9.17, 15) is 0 Å². The van der Waals surface area contributed by atoms with Crippen molar-refractivity contribution in [3.05, 3.63) is 28.4 Å². The number of anilines is 2. The molecule has 0 fully saturated rings. The number of hydrogen-bond donors (Lipinski definition) is 2. The van der Waals surface area contributed by atoms with Crippen molar-refractivity contribution in [1.82, 2.24) is 15.0 Å². The second kappa shape index (κ2) is 4.89. The minimum Gasteiger partial charge on any atom is -0.383 e. The zero-order valence-corrected chi connectivity index (χ0v) is 11.4. The van der Waals surface area contributed by atoms with Gasteiger partial charge in [0.2, 0.25) is 0 Å². The van der Waals surface area contributed by atoms with Crippen molar-refractivity contribution in [3.8, 4) is 0 Å². The maximum absolute atomic E-state index is 5.59. The van der Waals surface area contributed by atoms with Gasteiger partial charge in [0.1, 0.15) is 16.7 Å². The quantitative estimate of drug-likeness (QED) is 0.827. The second-order valence-electron chi connectivity index (χ2n) is 3.37. The molecule has 88 valence electrons. The van der Waals surface area contributed by atoms with Crippen molar-refractivity contribution in [1.29, 1.82) is 0 Å². The molecule has 0 aromatic carbocycles. The Morgan fingerprint density at radius 1 is 1.18 bits per heavy atom. The molecule has 17 heavy (non-hydrogen) atoms. The largest absolute Gasteiger partial charge is 0.383 e. The molecule has 2 heterocycles. The average molecular weight is 312 g/mol. The van der Waals surface area contributed by atoms with Gasteiger partial charge in [-0.2, -0.15) is 0 Å². The van der Waals surface area contributed by atoms with E-state index in [1.54, 1.807) is 6.20 Å². The summed E-state index contributed by atoms with van der Waals surface area (Å²) in [6, 6.07) is 3.46. The molecular formula is C10H10BrN5S. The van der Waals surface area contributed by atoms with Gasteiger partial charge in [-0.15, -0.1) is 0 Å². The molecule has 0 aliphatic rings. The SMILES string of the molecule is Cc1cc(Sc2nc(N)cc(N)n2)ncc1Br. The first-order valence-corrected chi connectivity index (χ1v) is 6.35. The lowest BCUT2D eigenvalue weighted by Crippen LogP contribution is -1.99. The first kappa shape index (κ1) is 12.1. The number of aromatic nitrogens is 3. The Labute approximate surface area is 111 Å². The predicted octanol–water partition coefficient (Wildman–Crippen LogP) is 2.26. The van der Waals surface area contributed by atoms with Gasteiger partial charge in [0.05, 0.1) is 0 Å². The normalized spacial score (nSPS) is 10.5. The van der Waals surface area contributed by atoms with Crippen LogP contribution in [0, 0.1) is 6.92 Å². The Balaban J connectivity index is 2.28. The van der Waals surface area contributed by atoms with Crippen molar-refractivity contribution in [2.75, 3.05) is 11.5 Å². The molecule has 0 saturated heterocycles. The molecule has 7 heteroatoms. The molecule has 0 unspecified atom stereocenters. The molecule has 0 aliphatic carbocycles. The van der Waals surface area contributed by atoms with Crippen LogP contribution >= 0.6 is 27.7 Å². The van der Waals surface area contributed by atoms with E-state index < -0.39 is 0 Å². The highest BCUT2D eigenvalue weighted by Crippen LogP contribution is 2.26. The zero-order chi connectivity index (χ0) is 12.4. The van der Waals surface area contributed by atoms with Crippen LogP contribution in [0.5, 0.6) is 0 Å². The number of aryl methyl sites for hydroxylation is 1. The number of hydrogen-bond acceptors (Lipinski definition) is 6. The summed E-state index contributed by atoms with van der Waals surface area (Å²) in [6.07, 6.45) is 1.74. The highest BCUT2D eigenvalue weighted by atomic mass is 79.9. The molecule has 0 radical (unpaired) electrons. The molecule has 2 rings (SSSR count). The summed E-state index contributed by atoms with van der Waals surface area (Å²) in [7, 11) is 0. The standard InChI is InChI=1S/C10H10BrN5S/c1-5-2-9(14-4-6(5)11)17-10-15-7(12)3-8(13)16-10/h2-4H,1H3,(H4,12,13,15,16). The second-order valence-corrected chi connectivity index (χ2v) is 5.22. The average Bonchev–Trinajstić information content (AvgIpc) is 2.22. The van der Waals surface area contributed by atoms with Gasteiger partial charge in [0.25, 0.3) is 0 Å². The van der Waals surface area contributed by atoms with E-state index in [0.717, 1.165) is 15.1 Å². The lowest BCUT2D eigenvalue weighted by Gasteiger charge is -2.03. The lowest BCUT2D eigenvalue weighted by molar-refractivity contribution is 0.975. The van der Waals surface area contributed by atoms with Crippen molar-refractivity contribution in [2.45, 2.75) is 17.1 Å². The van der Waals surface area contributed by atoms with Crippen LogP contribution in [0.25, 0.3) is 0 Å². The van der Waals surface area contributed by atoms with E-state index in [4.69, 9.17) is 11.5 Å². The van der Waals surface area contributed by atoms with Crippen LogP contribution in [0.1, 0.15) is 5.56 Å². The van der Waals surface area contributed by atoms with E-state index >= 15 is 0 Å². The minimum atomic E-state index is 0.355. The molecule has 0 spiro atoms. The zero-order valence-electron chi connectivity index (χ0n) is 9.01. The predicted molar refractivity (Wildman–Crippen MR) is 71.7 cm³/mol. The van der Waals surface area contributed by atoms with Crippen molar-refractivity contribution < 1.29 is 0 Å². The molecule has 2 aromatic rings. The maximum atomic E-state index is 5.59. The summed E-state index contributed by atoms with van der Waals surface area (Å²) in [5.41, 5.74) is 12.3. The van der Waals surface area contributed by atoms with Crippen LogP contribution in [-0.4, -0.2) is 15.0 Å². The summed E-state index contributed by atoms with van der Waals surface area (Å²) >= 11 is 4.72. The monoisotopic (exact) mass is 311 g/mol. The highest BCUT2D eigenvalue weighted by molar-refractivity contribution is 9.10. The Hall–Kier alpha value is -1.34. The Morgan fingerprint density at radius 3 is 2.41 bits per heavy atom. The summed E-state index contributed by atoms with van der Waals surface area (Å²) in [5, 5.41) is 1.30. The fourth-order valence-electron chi connectivity index (χ4n) is 1.17. The molecule has 5 nitrogen and oxygen atoms in total. The number of pyridine rings is 1. The van der Waals surface area contributed by atoms with Gasteiger partial charge in [0, 0.05) is 16.7 Å². The van der Waals surface area contributed by atoms with E-state index in [1.165, 1.54) is 17.8 Å². The maximum Gasteiger partial charge on any atom is 0.197 e. The van der Waals surface area contributed by atoms with Crippen molar-refractivity contribution >= 4 is 39.3 Å². The lowest BCUT2D eigenvalue weighted by atomic mass is 10.3. The Morgan fingerprint density at radius 2 is 1.82 bits per heavy atom. The summed E-state index contributed by atoms with van der Waals surface area (Å²) in [4.78, 5) is 12.4. The van der Waals surface area contributed by atoms with E-state index in [0.29, 0.717) is 16.8 Å². The molecule has 0 atom stereocenters. The van der Waals surface area contributed by atoms with Gasteiger partial charge in [-0.05, 0) is 46.2 Å². The number of nitrogens with two attached hydrogens (primary N) is 2. The third-order valence-electron chi connectivity index (χ3n) is 1.96. The minimum absolute atomic E-state index is 0.355. The smallest absolute Gasteiger partial charge is 0.197 e. The van der Waals surface area contributed by atoms with Crippen LogP contribution in [0.15, 0.2) is 33.0 Å². The first-order chi connectivity index (χ1) is 8.04. The summed E-state index contributed by atoms with van der Waals surface area (Å²) in [6.45, 7) is 1.99. The van der Waals surface area contributed by atoms with Gasteiger partial charge in [0.15, 0.2) is 5.16 Å². The van der Waals surface area contributed by atoms with Gasteiger partial charge in [-0.3, -0.25) is 0 Å². The van der Waals surface area contributed by atoms with Gasteiger partial charge in [-0.1, -0.05) is 0 Å². The summed E-state index contributed by atoms with van der Waals surface area (Å²) < 4.78 is 0.967. The molecular weight excluding hydrogens is 302 g/mol. The first-order valence-electron chi connectivity index (χ1n) is 4.74. The van der Waals surface area contributed by atoms with Crippen molar-refractivity contribution in [3.63, 3.8) is 0 Å². The van der Waals surface area contributed by atoms with E-state index in [1.807, 2.05) is 13.0 Å². The fraction of sp³-hybridized carbons (Fsp3) is 0.100. The highest BCUT2D eigenvalue weighted by Gasteiger charge is 2.05. The number of nitrogen functional groups attached to an aromatic ring is 2. The molecule has 4 N–H and O–H groups in total. The van der Waals surface area contributed by atoms with Crippen LogP contribution in [0.3, 0.4) is 0 Å². The molecule has 2 aromatic heterocycles. The number of halogens is 1. The van der Waals surface area contributed by atoms with Crippen LogP contribution in [0.4, 0.5) is 11.6 Å². The van der Waals surface area contributed by atoms with E-state index in [2.05, 4.69) is 30.9 Å². The van der Waals surface area contributed by atoms with E-state index in [-0.39, 0.29) is 0 Å².